The van der Waals surface area contributed by atoms with Crippen LogP contribution in [0.5, 0.6) is 5.75 Å². The van der Waals surface area contributed by atoms with Gasteiger partial charge in [0.25, 0.3) is 11.5 Å². The van der Waals surface area contributed by atoms with Gasteiger partial charge < -0.3 is 10.1 Å². The summed E-state index contributed by atoms with van der Waals surface area (Å²) in [7, 11) is 1.55. The average Bonchev–Trinajstić information content (AvgIpc) is 2.61. The lowest BCUT2D eigenvalue weighted by Gasteiger charge is -2.12. The highest BCUT2D eigenvalue weighted by Crippen LogP contribution is 2.21. The molecule has 2 aromatic carbocycles. The molecule has 1 heterocycles. The molecule has 3 rings (SSSR count). The lowest BCUT2D eigenvalue weighted by molar-refractivity contribution is 0.0943. The molecule has 0 aliphatic carbocycles. The molecule has 0 aliphatic heterocycles. The van der Waals surface area contributed by atoms with E-state index in [1.807, 2.05) is 26.0 Å². The topological polar surface area (TPSA) is 73.2 Å². The maximum atomic E-state index is 12.8. The van der Waals surface area contributed by atoms with Crippen molar-refractivity contribution < 1.29 is 9.53 Å². The van der Waals surface area contributed by atoms with Crippen LogP contribution in [0, 0.1) is 0 Å². The minimum absolute atomic E-state index is 0.0368. The number of carbonyl (C=O) groups excluding carboxylic acids is 1. The number of aromatic nitrogens is 2. The van der Waals surface area contributed by atoms with Gasteiger partial charge in [-0.05, 0) is 44.2 Å². The van der Waals surface area contributed by atoms with Gasteiger partial charge in [-0.15, -0.1) is 0 Å². The van der Waals surface area contributed by atoms with E-state index in [-0.39, 0.29) is 17.5 Å². The Bertz CT molecular complexity index is 993. The number of nitrogens with zero attached hydrogens (tertiary/aromatic N) is 2. The van der Waals surface area contributed by atoms with Gasteiger partial charge >= 0.3 is 0 Å². The number of amides is 1. The summed E-state index contributed by atoms with van der Waals surface area (Å²) in [5, 5.41) is 3.26. The van der Waals surface area contributed by atoms with Crippen LogP contribution >= 0.6 is 0 Å². The number of fused-ring (bicyclic) bond motifs is 1. The Labute approximate surface area is 145 Å². The number of carbonyl (C=O) groups is 1. The number of hydrogen-bond donors (Lipinski definition) is 1. The number of para-hydroxylation sites is 2. The minimum atomic E-state index is -0.217. The van der Waals surface area contributed by atoms with Crippen LogP contribution in [0.3, 0.4) is 0 Å². The van der Waals surface area contributed by atoms with Crippen molar-refractivity contribution in [3.05, 3.63) is 64.7 Å². The third-order valence-electron chi connectivity index (χ3n) is 3.79. The van der Waals surface area contributed by atoms with Gasteiger partial charge in [0.05, 0.1) is 23.7 Å². The van der Waals surface area contributed by atoms with Gasteiger partial charge in [0, 0.05) is 11.6 Å². The molecule has 6 nitrogen and oxygen atoms in total. The maximum Gasteiger partial charge on any atom is 0.265 e. The highest BCUT2D eigenvalue weighted by Gasteiger charge is 2.12. The highest BCUT2D eigenvalue weighted by atomic mass is 16.5. The SMILES string of the molecule is COc1ccccc1-n1cnc2cc(C(=O)NC(C)C)ccc2c1=O. The molecule has 3 aromatic rings. The van der Waals surface area contributed by atoms with E-state index in [0.717, 1.165) is 0 Å². The molecule has 1 amide bonds. The Morgan fingerprint density at radius 1 is 1.20 bits per heavy atom. The standard InChI is InChI=1S/C19H19N3O3/c1-12(2)21-18(23)13-8-9-14-15(10-13)20-11-22(19(14)24)16-6-4-5-7-17(16)25-3/h4-12H,1-3H3,(H,21,23). The van der Waals surface area contributed by atoms with Crippen molar-refractivity contribution in [3.8, 4) is 11.4 Å². The summed E-state index contributed by atoms with van der Waals surface area (Å²) in [4.78, 5) is 29.3. The van der Waals surface area contributed by atoms with E-state index >= 15 is 0 Å². The van der Waals surface area contributed by atoms with Crippen LogP contribution in [0.2, 0.25) is 0 Å². The number of hydrogen-bond acceptors (Lipinski definition) is 4. The van der Waals surface area contributed by atoms with Crippen LogP contribution in [-0.2, 0) is 0 Å². The van der Waals surface area contributed by atoms with E-state index in [0.29, 0.717) is 27.9 Å². The summed E-state index contributed by atoms with van der Waals surface area (Å²) >= 11 is 0. The normalized spacial score (nSPS) is 10.9. The zero-order valence-electron chi connectivity index (χ0n) is 14.3. The van der Waals surface area contributed by atoms with Crippen LogP contribution < -0.4 is 15.6 Å². The molecule has 25 heavy (non-hydrogen) atoms. The number of ether oxygens (including phenoxy) is 1. The van der Waals surface area contributed by atoms with E-state index in [1.54, 1.807) is 37.4 Å². The largest absolute Gasteiger partial charge is 0.495 e. The summed E-state index contributed by atoms with van der Waals surface area (Å²) in [5.41, 5.74) is 1.35. The maximum absolute atomic E-state index is 12.8. The van der Waals surface area contributed by atoms with Crippen molar-refractivity contribution in [2.45, 2.75) is 19.9 Å². The molecule has 0 saturated carbocycles. The van der Waals surface area contributed by atoms with Crippen molar-refractivity contribution in [3.63, 3.8) is 0 Å². The molecule has 0 radical (unpaired) electrons. The summed E-state index contributed by atoms with van der Waals surface area (Å²) in [6.45, 7) is 3.78. The fourth-order valence-corrected chi connectivity index (χ4v) is 2.61. The Hall–Kier alpha value is -3.15. The molecule has 1 aromatic heterocycles. The molecule has 0 spiro atoms. The second-order valence-corrected chi connectivity index (χ2v) is 5.95. The second kappa shape index (κ2) is 6.76. The lowest BCUT2D eigenvalue weighted by atomic mass is 10.1. The van der Waals surface area contributed by atoms with Crippen molar-refractivity contribution >= 4 is 16.8 Å². The third-order valence-corrected chi connectivity index (χ3v) is 3.79. The van der Waals surface area contributed by atoms with Gasteiger partial charge in [0.15, 0.2) is 0 Å². The zero-order valence-corrected chi connectivity index (χ0v) is 14.3. The van der Waals surface area contributed by atoms with Crippen LogP contribution in [0.4, 0.5) is 0 Å². The molecule has 0 saturated heterocycles. The predicted molar refractivity (Wildman–Crippen MR) is 96.5 cm³/mol. The summed E-state index contributed by atoms with van der Waals surface area (Å²) in [6, 6.07) is 12.2. The molecule has 1 N–H and O–H groups in total. The zero-order chi connectivity index (χ0) is 18.0. The Balaban J connectivity index is 2.10. The first-order valence-corrected chi connectivity index (χ1v) is 7.97. The van der Waals surface area contributed by atoms with Crippen molar-refractivity contribution in [1.82, 2.24) is 14.9 Å². The molecule has 6 heteroatoms. The van der Waals surface area contributed by atoms with Gasteiger partial charge in [-0.1, -0.05) is 12.1 Å². The highest BCUT2D eigenvalue weighted by molar-refractivity contribution is 5.97. The van der Waals surface area contributed by atoms with Crippen LogP contribution in [-0.4, -0.2) is 28.6 Å². The molecular formula is C19H19N3O3. The molecule has 0 bridgehead atoms. The van der Waals surface area contributed by atoms with Crippen LogP contribution in [0.1, 0.15) is 24.2 Å². The van der Waals surface area contributed by atoms with E-state index in [4.69, 9.17) is 4.74 Å². The van der Waals surface area contributed by atoms with Crippen LogP contribution in [0.15, 0.2) is 53.6 Å². The van der Waals surface area contributed by atoms with Crippen molar-refractivity contribution in [1.29, 1.82) is 0 Å². The van der Waals surface area contributed by atoms with E-state index < -0.39 is 0 Å². The quantitative estimate of drug-likeness (QED) is 0.794. The van der Waals surface area contributed by atoms with E-state index in [1.165, 1.54) is 10.9 Å². The second-order valence-electron chi connectivity index (χ2n) is 5.95. The minimum Gasteiger partial charge on any atom is -0.495 e. The lowest BCUT2D eigenvalue weighted by Crippen LogP contribution is -2.30. The van der Waals surface area contributed by atoms with Gasteiger partial charge in [-0.2, -0.15) is 0 Å². The first-order valence-electron chi connectivity index (χ1n) is 7.97. The number of benzene rings is 2. The summed E-state index contributed by atoms with van der Waals surface area (Å²) in [5.74, 6) is 0.395. The summed E-state index contributed by atoms with van der Waals surface area (Å²) in [6.07, 6.45) is 1.45. The average molecular weight is 337 g/mol. The van der Waals surface area contributed by atoms with Gasteiger partial charge in [-0.25, -0.2) is 4.98 Å². The van der Waals surface area contributed by atoms with Gasteiger partial charge in [0.2, 0.25) is 0 Å². The monoisotopic (exact) mass is 337 g/mol. The van der Waals surface area contributed by atoms with E-state index in [2.05, 4.69) is 10.3 Å². The number of rotatable bonds is 4. The van der Waals surface area contributed by atoms with E-state index in [9.17, 15) is 9.59 Å². The van der Waals surface area contributed by atoms with Crippen molar-refractivity contribution in [2.24, 2.45) is 0 Å². The molecule has 0 aliphatic rings. The molecule has 0 atom stereocenters. The molecular weight excluding hydrogens is 318 g/mol. The van der Waals surface area contributed by atoms with Crippen molar-refractivity contribution in [2.75, 3.05) is 7.11 Å². The fraction of sp³-hybridized carbons (Fsp3) is 0.211. The van der Waals surface area contributed by atoms with Gasteiger partial charge in [0.1, 0.15) is 12.1 Å². The predicted octanol–water partition coefficient (Wildman–Crippen LogP) is 2.53. The smallest absolute Gasteiger partial charge is 0.265 e. The third kappa shape index (κ3) is 3.24. The summed E-state index contributed by atoms with van der Waals surface area (Å²) < 4.78 is 6.75. The first kappa shape index (κ1) is 16.7. The molecule has 0 fully saturated rings. The number of nitrogens with one attached hydrogen (secondary N) is 1. The number of methoxy groups -OCH3 is 1. The molecule has 128 valence electrons. The molecule has 0 unspecified atom stereocenters. The van der Waals surface area contributed by atoms with Gasteiger partial charge in [-0.3, -0.25) is 14.2 Å². The first-order chi connectivity index (χ1) is 12.0. The fourth-order valence-electron chi connectivity index (χ4n) is 2.61. The van der Waals surface area contributed by atoms with Crippen LogP contribution in [0.25, 0.3) is 16.6 Å². The Morgan fingerprint density at radius 3 is 2.68 bits per heavy atom. The Morgan fingerprint density at radius 2 is 1.96 bits per heavy atom. The Kier molecular flexibility index (Phi) is 4.52.